The van der Waals surface area contributed by atoms with Crippen molar-refractivity contribution in [2.24, 2.45) is 5.92 Å². The van der Waals surface area contributed by atoms with E-state index in [9.17, 15) is 0 Å². The van der Waals surface area contributed by atoms with Gasteiger partial charge in [0.25, 0.3) is 0 Å². The first-order valence-corrected chi connectivity index (χ1v) is 6.91. The van der Waals surface area contributed by atoms with Gasteiger partial charge in [-0.05, 0) is 31.7 Å². The Kier molecular flexibility index (Phi) is 4.27. The molecule has 1 aliphatic rings. The predicted octanol–water partition coefficient (Wildman–Crippen LogP) is 2.39. The molecule has 2 rings (SSSR count). The molecule has 0 aromatic carbocycles. The highest BCUT2D eigenvalue weighted by atomic mass is 35.5. The van der Waals surface area contributed by atoms with Crippen LogP contribution in [0.15, 0.2) is 12.3 Å². The molecule has 1 saturated heterocycles. The molecule has 0 N–H and O–H groups in total. The molecule has 0 bridgehead atoms. The topological polar surface area (TPSA) is 32.3 Å². The molecule has 100 valence electrons. The van der Waals surface area contributed by atoms with Crippen LogP contribution in [0.4, 0.5) is 11.8 Å². The Bertz CT molecular complexity index is 386. The van der Waals surface area contributed by atoms with Crippen LogP contribution in [-0.4, -0.2) is 42.5 Å². The van der Waals surface area contributed by atoms with Gasteiger partial charge in [-0.1, -0.05) is 0 Å². The average Bonchev–Trinajstić information content (AvgIpc) is 2.39. The van der Waals surface area contributed by atoms with E-state index in [1.807, 2.05) is 31.3 Å². The molecule has 1 unspecified atom stereocenters. The zero-order valence-corrected chi connectivity index (χ0v) is 12.1. The first-order valence-electron chi connectivity index (χ1n) is 6.47. The van der Waals surface area contributed by atoms with E-state index < -0.39 is 0 Å². The van der Waals surface area contributed by atoms with Crippen molar-refractivity contribution in [2.45, 2.75) is 25.1 Å². The smallest absolute Gasteiger partial charge is 0.226 e. The van der Waals surface area contributed by atoms with Crippen LogP contribution in [0.25, 0.3) is 0 Å². The zero-order chi connectivity index (χ0) is 13.1. The van der Waals surface area contributed by atoms with Gasteiger partial charge in [-0.15, -0.1) is 11.6 Å². The van der Waals surface area contributed by atoms with Crippen LogP contribution in [-0.2, 0) is 0 Å². The molecule has 0 amide bonds. The molecule has 2 heterocycles. The van der Waals surface area contributed by atoms with Gasteiger partial charge in [0.2, 0.25) is 5.95 Å². The Hall–Kier alpha value is -1.03. The Balaban J connectivity index is 2.03. The van der Waals surface area contributed by atoms with E-state index in [-0.39, 0.29) is 5.38 Å². The lowest BCUT2D eigenvalue weighted by Gasteiger charge is -2.34. The fraction of sp³-hybridized carbons (Fsp3) is 0.692. The number of halogens is 1. The number of alkyl halides is 1. The SMILES string of the molecule is CC(Cl)C1CCN(c2ccnc(N(C)C)n2)CC1. The van der Waals surface area contributed by atoms with Crippen LogP contribution in [0.2, 0.25) is 0 Å². The Labute approximate surface area is 114 Å². The van der Waals surface area contributed by atoms with Crippen molar-refractivity contribution >= 4 is 23.4 Å². The molecule has 18 heavy (non-hydrogen) atoms. The summed E-state index contributed by atoms with van der Waals surface area (Å²) in [5.74, 6) is 2.42. The van der Waals surface area contributed by atoms with Crippen molar-refractivity contribution in [3.05, 3.63) is 12.3 Å². The molecule has 1 fully saturated rings. The second-order valence-corrected chi connectivity index (χ2v) is 5.80. The van der Waals surface area contributed by atoms with Gasteiger partial charge in [0.1, 0.15) is 5.82 Å². The van der Waals surface area contributed by atoms with E-state index in [0.29, 0.717) is 5.92 Å². The van der Waals surface area contributed by atoms with Gasteiger partial charge >= 0.3 is 0 Å². The van der Waals surface area contributed by atoms with E-state index in [1.165, 1.54) is 0 Å². The summed E-state index contributed by atoms with van der Waals surface area (Å²) in [4.78, 5) is 13.1. The molecule has 1 atom stereocenters. The van der Waals surface area contributed by atoms with Gasteiger partial charge in [-0.25, -0.2) is 4.98 Å². The maximum atomic E-state index is 6.17. The minimum absolute atomic E-state index is 0.273. The summed E-state index contributed by atoms with van der Waals surface area (Å²) in [6, 6.07) is 1.98. The van der Waals surface area contributed by atoms with Crippen molar-refractivity contribution in [2.75, 3.05) is 37.0 Å². The normalized spacial score (nSPS) is 18.8. The molecular weight excluding hydrogens is 248 g/mol. The predicted molar refractivity (Wildman–Crippen MR) is 76.6 cm³/mol. The quantitative estimate of drug-likeness (QED) is 0.788. The summed E-state index contributed by atoms with van der Waals surface area (Å²) in [7, 11) is 3.92. The third-order valence-corrected chi connectivity index (χ3v) is 3.90. The zero-order valence-electron chi connectivity index (χ0n) is 11.3. The fourth-order valence-electron chi connectivity index (χ4n) is 2.32. The fourth-order valence-corrected chi connectivity index (χ4v) is 2.57. The van der Waals surface area contributed by atoms with Gasteiger partial charge in [0.15, 0.2) is 0 Å². The molecule has 1 aromatic heterocycles. The van der Waals surface area contributed by atoms with Gasteiger partial charge in [-0.2, -0.15) is 4.98 Å². The van der Waals surface area contributed by atoms with Crippen molar-refractivity contribution in [1.82, 2.24) is 9.97 Å². The van der Waals surface area contributed by atoms with E-state index >= 15 is 0 Å². The summed E-state index contributed by atoms with van der Waals surface area (Å²) < 4.78 is 0. The Morgan fingerprint density at radius 2 is 2.06 bits per heavy atom. The van der Waals surface area contributed by atoms with Crippen molar-refractivity contribution in [3.8, 4) is 0 Å². The third-order valence-electron chi connectivity index (χ3n) is 3.54. The van der Waals surface area contributed by atoms with Crippen molar-refractivity contribution in [1.29, 1.82) is 0 Å². The summed E-state index contributed by atoms with van der Waals surface area (Å²) in [5.41, 5.74) is 0. The van der Waals surface area contributed by atoms with E-state index in [2.05, 4.69) is 21.8 Å². The van der Waals surface area contributed by atoms with Crippen LogP contribution in [0, 0.1) is 5.92 Å². The molecule has 1 aliphatic heterocycles. The number of hydrogen-bond acceptors (Lipinski definition) is 4. The number of hydrogen-bond donors (Lipinski definition) is 0. The Morgan fingerprint density at radius 3 is 2.61 bits per heavy atom. The number of piperidine rings is 1. The molecule has 0 spiro atoms. The van der Waals surface area contributed by atoms with Crippen LogP contribution < -0.4 is 9.80 Å². The third kappa shape index (κ3) is 3.05. The van der Waals surface area contributed by atoms with E-state index in [0.717, 1.165) is 37.7 Å². The van der Waals surface area contributed by atoms with Crippen molar-refractivity contribution in [3.63, 3.8) is 0 Å². The first-order chi connectivity index (χ1) is 8.58. The minimum atomic E-state index is 0.273. The van der Waals surface area contributed by atoms with Gasteiger partial charge < -0.3 is 9.80 Å². The molecule has 5 heteroatoms. The molecule has 0 aliphatic carbocycles. The number of rotatable bonds is 3. The standard InChI is InChI=1S/C13H21ClN4/c1-10(14)11-5-8-18(9-6-11)12-4-7-15-13(16-12)17(2)3/h4,7,10-11H,5-6,8-9H2,1-3H3. The maximum absolute atomic E-state index is 6.17. The summed E-state index contributed by atoms with van der Waals surface area (Å²) >= 11 is 6.17. The molecular formula is C13H21ClN4. The first kappa shape index (κ1) is 13.4. The van der Waals surface area contributed by atoms with Crippen LogP contribution in [0.3, 0.4) is 0 Å². The van der Waals surface area contributed by atoms with Crippen molar-refractivity contribution < 1.29 is 0 Å². The highest BCUT2D eigenvalue weighted by Crippen LogP contribution is 2.26. The van der Waals surface area contributed by atoms with Crippen LogP contribution in [0.1, 0.15) is 19.8 Å². The van der Waals surface area contributed by atoms with Gasteiger partial charge in [-0.3, -0.25) is 0 Å². The monoisotopic (exact) mass is 268 g/mol. The summed E-state index contributed by atoms with van der Waals surface area (Å²) in [6.07, 6.45) is 4.12. The lowest BCUT2D eigenvalue weighted by Crippen LogP contribution is -2.36. The van der Waals surface area contributed by atoms with Crippen LogP contribution >= 0.6 is 11.6 Å². The summed E-state index contributed by atoms with van der Waals surface area (Å²) in [6.45, 7) is 4.16. The van der Waals surface area contributed by atoms with Gasteiger partial charge in [0.05, 0.1) is 0 Å². The maximum Gasteiger partial charge on any atom is 0.226 e. The van der Waals surface area contributed by atoms with E-state index in [1.54, 1.807) is 0 Å². The molecule has 4 nitrogen and oxygen atoms in total. The van der Waals surface area contributed by atoms with E-state index in [4.69, 9.17) is 11.6 Å². The minimum Gasteiger partial charge on any atom is -0.356 e. The summed E-state index contributed by atoms with van der Waals surface area (Å²) in [5, 5.41) is 0.273. The van der Waals surface area contributed by atoms with Crippen LogP contribution in [0.5, 0.6) is 0 Å². The number of anilines is 2. The van der Waals surface area contributed by atoms with Gasteiger partial charge in [0, 0.05) is 38.8 Å². The molecule has 0 radical (unpaired) electrons. The highest BCUT2D eigenvalue weighted by molar-refractivity contribution is 6.20. The Morgan fingerprint density at radius 1 is 1.39 bits per heavy atom. The largest absolute Gasteiger partial charge is 0.356 e. The second kappa shape index (κ2) is 5.74. The number of aromatic nitrogens is 2. The lowest BCUT2D eigenvalue weighted by molar-refractivity contribution is 0.398. The average molecular weight is 269 g/mol. The molecule has 1 aromatic rings. The highest BCUT2D eigenvalue weighted by Gasteiger charge is 2.23. The second-order valence-electron chi connectivity index (χ2n) is 5.11. The molecule has 0 saturated carbocycles. The number of nitrogens with zero attached hydrogens (tertiary/aromatic N) is 4. The lowest BCUT2D eigenvalue weighted by atomic mass is 9.94.